The second-order valence-corrected chi connectivity index (χ2v) is 6.58. The molecule has 4 rings (SSSR count). The fourth-order valence-corrected chi connectivity index (χ4v) is 3.43. The summed E-state index contributed by atoms with van der Waals surface area (Å²) in [6.45, 7) is 7.38. The molecule has 1 fully saturated rings. The molecule has 6 nitrogen and oxygen atoms in total. The first kappa shape index (κ1) is 15.9. The molecule has 0 atom stereocenters. The lowest BCUT2D eigenvalue weighted by atomic mass is 10.1. The number of carbonyl (C=O) groups excluding carboxylic acids is 1. The summed E-state index contributed by atoms with van der Waals surface area (Å²) in [4.78, 5) is 24.5. The van der Waals surface area contributed by atoms with Gasteiger partial charge in [-0.15, -0.1) is 0 Å². The number of carbonyl (C=O) groups is 1. The third kappa shape index (κ3) is 3.30. The lowest BCUT2D eigenvalue weighted by molar-refractivity contribution is 0.0633. The van der Waals surface area contributed by atoms with Crippen LogP contribution in [0, 0.1) is 6.92 Å². The van der Waals surface area contributed by atoms with Crippen LogP contribution in [0.3, 0.4) is 0 Å². The average molecular weight is 337 g/mol. The van der Waals surface area contributed by atoms with E-state index in [0.29, 0.717) is 0 Å². The van der Waals surface area contributed by atoms with Crippen LogP contribution in [-0.2, 0) is 6.54 Å². The van der Waals surface area contributed by atoms with Crippen LogP contribution < -0.4 is 0 Å². The van der Waals surface area contributed by atoms with Crippen molar-refractivity contribution < 1.29 is 4.79 Å². The fraction of sp³-hybridized carbons (Fsp3) is 0.368. The molecule has 1 aliphatic rings. The maximum Gasteiger partial charge on any atom is 0.253 e. The van der Waals surface area contributed by atoms with Crippen molar-refractivity contribution in [1.82, 2.24) is 24.3 Å². The third-order valence-electron chi connectivity index (χ3n) is 5.04. The van der Waals surface area contributed by atoms with Crippen LogP contribution in [0.15, 0.2) is 42.9 Å². The second kappa shape index (κ2) is 6.72. The number of H-pyrrole nitrogens is 1. The molecule has 3 aromatic rings. The van der Waals surface area contributed by atoms with Gasteiger partial charge in [0, 0.05) is 74.3 Å². The van der Waals surface area contributed by atoms with E-state index >= 15 is 0 Å². The summed E-state index contributed by atoms with van der Waals surface area (Å²) in [7, 11) is 0. The highest BCUT2D eigenvalue weighted by molar-refractivity contribution is 5.98. The van der Waals surface area contributed by atoms with E-state index in [1.54, 1.807) is 0 Å². The van der Waals surface area contributed by atoms with E-state index in [0.717, 1.165) is 61.6 Å². The Hall–Kier alpha value is -2.60. The molecule has 0 saturated carbocycles. The Morgan fingerprint density at radius 3 is 2.76 bits per heavy atom. The number of piperazine rings is 1. The molecular formula is C19H23N5O. The lowest BCUT2D eigenvalue weighted by Gasteiger charge is -2.34. The van der Waals surface area contributed by atoms with Crippen LogP contribution in [0.5, 0.6) is 0 Å². The SMILES string of the molecule is Cc1nccn1CCN1CCN(C(=O)c2ccc3[nH]ccc3c2)CC1. The molecule has 2 aromatic heterocycles. The summed E-state index contributed by atoms with van der Waals surface area (Å²) in [6.07, 6.45) is 5.76. The fourth-order valence-electron chi connectivity index (χ4n) is 3.43. The Labute approximate surface area is 147 Å². The molecule has 0 radical (unpaired) electrons. The number of aromatic amines is 1. The van der Waals surface area contributed by atoms with Crippen molar-refractivity contribution in [2.45, 2.75) is 13.5 Å². The molecule has 0 aliphatic carbocycles. The summed E-state index contributed by atoms with van der Waals surface area (Å²) >= 11 is 0. The van der Waals surface area contributed by atoms with Gasteiger partial charge in [-0.25, -0.2) is 4.98 Å². The van der Waals surface area contributed by atoms with Crippen LogP contribution in [0.4, 0.5) is 0 Å². The number of aromatic nitrogens is 3. The number of benzene rings is 1. The Balaban J connectivity index is 1.33. The zero-order chi connectivity index (χ0) is 17.2. The number of nitrogens with one attached hydrogen (secondary N) is 1. The summed E-state index contributed by atoms with van der Waals surface area (Å²) in [5, 5.41) is 1.08. The van der Waals surface area contributed by atoms with Crippen LogP contribution in [0.2, 0.25) is 0 Å². The van der Waals surface area contributed by atoms with Gasteiger partial charge in [-0.1, -0.05) is 0 Å². The van der Waals surface area contributed by atoms with Crippen LogP contribution in [0.25, 0.3) is 10.9 Å². The highest BCUT2D eigenvalue weighted by Gasteiger charge is 2.22. The molecule has 0 unspecified atom stereocenters. The Morgan fingerprint density at radius 2 is 2.00 bits per heavy atom. The largest absolute Gasteiger partial charge is 0.361 e. The molecule has 1 aromatic carbocycles. The maximum absolute atomic E-state index is 12.7. The van der Waals surface area contributed by atoms with E-state index < -0.39 is 0 Å². The van der Waals surface area contributed by atoms with Gasteiger partial charge in [-0.2, -0.15) is 0 Å². The summed E-state index contributed by atoms with van der Waals surface area (Å²) < 4.78 is 2.17. The molecule has 1 aliphatic heterocycles. The van der Waals surface area contributed by atoms with Gasteiger partial charge in [-0.3, -0.25) is 9.69 Å². The van der Waals surface area contributed by atoms with Gasteiger partial charge >= 0.3 is 0 Å². The minimum absolute atomic E-state index is 0.133. The minimum atomic E-state index is 0.133. The number of amides is 1. The topological polar surface area (TPSA) is 57.2 Å². The number of fused-ring (bicyclic) bond motifs is 1. The maximum atomic E-state index is 12.7. The summed E-state index contributed by atoms with van der Waals surface area (Å²) in [6, 6.07) is 7.87. The predicted octanol–water partition coefficient (Wildman–Crippen LogP) is 2.13. The van der Waals surface area contributed by atoms with E-state index in [-0.39, 0.29) is 5.91 Å². The first-order valence-electron chi connectivity index (χ1n) is 8.77. The molecule has 0 bridgehead atoms. The highest BCUT2D eigenvalue weighted by atomic mass is 16.2. The van der Waals surface area contributed by atoms with Gasteiger partial charge in [0.25, 0.3) is 5.91 Å². The van der Waals surface area contributed by atoms with Gasteiger partial charge in [-0.05, 0) is 31.2 Å². The minimum Gasteiger partial charge on any atom is -0.361 e. The quantitative estimate of drug-likeness (QED) is 0.793. The van der Waals surface area contributed by atoms with Gasteiger partial charge in [0.15, 0.2) is 0 Å². The monoisotopic (exact) mass is 337 g/mol. The van der Waals surface area contributed by atoms with Crippen molar-refractivity contribution in [2.75, 3.05) is 32.7 Å². The van der Waals surface area contributed by atoms with Gasteiger partial charge in [0.05, 0.1) is 0 Å². The normalized spacial score (nSPS) is 15.8. The molecule has 1 saturated heterocycles. The number of imidazole rings is 1. The third-order valence-corrected chi connectivity index (χ3v) is 5.04. The van der Waals surface area contributed by atoms with E-state index in [1.165, 1.54) is 0 Å². The predicted molar refractivity (Wildman–Crippen MR) is 97.6 cm³/mol. The van der Waals surface area contributed by atoms with Crippen LogP contribution in [0.1, 0.15) is 16.2 Å². The summed E-state index contributed by atoms with van der Waals surface area (Å²) in [5.41, 5.74) is 1.84. The summed E-state index contributed by atoms with van der Waals surface area (Å²) in [5.74, 6) is 1.18. The second-order valence-electron chi connectivity index (χ2n) is 6.58. The number of aryl methyl sites for hydroxylation is 1. The van der Waals surface area contributed by atoms with E-state index in [4.69, 9.17) is 0 Å². The molecule has 6 heteroatoms. The molecular weight excluding hydrogens is 314 g/mol. The molecule has 3 heterocycles. The first-order valence-corrected chi connectivity index (χ1v) is 8.77. The number of hydrogen-bond acceptors (Lipinski definition) is 3. The average Bonchev–Trinajstić information content (AvgIpc) is 3.27. The first-order chi connectivity index (χ1) is 12.2. The molecule has 130 valence electrons. The standard InChI is InChI=1S/C19H23N5O/c1-15-20-6-7-23(15)11-8-22-9-12-24(13-10-22)19(25)17-2-3-18-16(14-17)4-5-21-18/h2-7,14,21H,8-13H2,1H3. The van der Waals surface area contributed by atoms with Crippen LogP contribution >= 0.6 is 0 Å². The number of rotatable bonds is 4. The molecule has 1 amide bonds. The van der Waals surface area contributed by atoms with Gasteiger partial charge in [0.2, 0.25) is 0 Å². The van der Waals surface area contributed by atoms with Crippen molar-refractivity contribution in [2.24, 2.45) is 0 Å². The lowest BCUT2D eigenvalue weighted by Crippen LogP contribution is -2.49. The molecule has 1 N–H and O–H groups in total. The Morgan fingerprint density at radius 1 is 1.16 bits per heavy atom. The number of nitrogens with zero attached hydrogens (tertiary/aromatic N) is 4. The van der Waals surface area contributed by atoms with E-state index in [1.807, 2.05) is 54.7 Å². The Bertz CT molecular complexity index is 873. The van der Waals surface area contributed by atoms with Gasteiger partial charge < -0.3 is 14.5 Å². The highest BCUT2D eigenvalue weighted by Crippen LogP contribution is 2.16. The van der Waals surface area contributed by atoms with Crippen molar-refractivity contribution in [1.29, 1.82) is 0 Å². The molecule has 25 heavy (non-hydrogen) atoms. The van der Waals surface area contributed by atoms with E-state index in [2.05, 4.69) is 19.4 Å². The van der Waals surface area contributed by atoms with Crippen molar-refractivity contribution in [3.8, 4) is 0 Å². The van der Waals surface area contributed by atoms with Crippen LogP contribution in [-0.4, -0.2) is 63.0 Å². The Kier molecular flexibility index (Phi) is 4.28. The zero-order valence-corrected chi connectivity index (χ0v) is 14.5. The van der Waals surface area contributed by atoms with Crippen molar-refractivity contribution >= 4 is 16.8 Å². The zero-order valence-electron chi connectivity index (χ0n) is 14.5. The molecule has 0 spiro atoms. The van der Waals surface area contributed by atoms with E-state index in [9.17, 15) is 4.79 Å². The van der Waals surface area contributed by atoms with Crippen molar-refractivity contribution in [3.63, 3.8) is 0 Å². The van der Waals surface area contributed by atoms with Crippen molar-refractivity contribution in [3.05, 3.63) is 54.2 Å². The smallest absolute Gasteiger partial charge is 0.253 e. The number of hydrogen-bond donors (Lipinski definition) is 1. The van der Waals surface area contributed by atoms with Gasteiger partial charge in [0.1, 0.15) is 5.82 Å².